The van der Waals surface area contributed by atoms with Crippen LogP contribution in [0.1, 0.15) is 22.6 Å². The van der Waals surface area contributed by atoms with Crippen molar-refractivity contribution in [1.82, 2.24) is 19.9 Å². The smallest absolute Gasteiger partial charge is 0.348 e. The van der Waals surface area contributed by atoms with Crippen molar-refractivity contribution in [1.29, 1.82) is 0 Å². The average Bonchev–Trinajstić information content (AvgIpc) is 2.80. The fourth-order valence-electron chi connectivity index (χ4n) is 1.79. The van der Waals surface area contributed by atoms with E-state index in [9.17, 15) is 26.3 Å². The van der Waals surface area contributed by atoms with Crippen LogP contribution in [0.25, 0.3) is 0 Å². The molecule has 21 heavy (non-hydrogen) atoms. The number of rotatable bonds is 3. The van der Waals surface area contributed by atoms with Gasteiger partial charge in [-0.05, 0) is 0 Å². The first kappa shape index (κ1) is 15.3. The number of alkyl halides is 6. The summed E-state index contributed by atoms with van der Waals surface area (Å²) in [5, 5.41) is 0. The molecule has 0 aliphatic carbocycles. The number of aromatic amines is 1. The zero-order valence-electron chi connectivity index (χ0n) is 10.3. The van der Waals surface area contributed by atoms with Crippen molar-refractivity contribution < 1.29 is 26.3 Å². The minimum absolute atomic E-state index is 0.225. The molecule has 0 radical (unpaired) electrons. The minimum atomic E-state index is -4.98. The second-order valence-electron chi connectivity index (χ2n) is 4.19. The van der Waals surface area contributed by atoms with Gasteiger partial charge in [-0.2, -0.15) is 26.3 Å². The number of hydrogen-bond acceptors (Lipinski definition) is 3. The lowest BCUT2D eigenvalue weighted by molar-refractivity contribution is -0.146. The van der Waals surface area contributed by atoms with Gasteiger partial charge in [0.2, 0.25) is 0 Å². The van der Waals surface area contributed by atoms with Crippen LogP contribution in [0.5, 0.6) is 0 Å². The molecule has 0 saturated heterocycles. The lowest BCUT2D eigenvalue weighted by Gasteiger charge is -2.16. The maximum Gasteiger partial charge on any atom is 0.433 e. The molecule has 2 heterocycles. The minimum Gasteiger partial charge on any atom is -0.348 e. The fraction of sp³-hybridized carbons (Fsp3) is 0.364. The Morgan fingerprint density at radius 3 is 2.29 bits per heavy atom. The number of H-pyrrole nitrogens is 1. The molecule has 0 saturated carbocycles. The van der Waals surface area contributed by atoms with E-state index in [1.54, 1.807) is 0 Å². The summed E-state index contributed by atoms with van der Waals surface area (Å²) in [5.41, 5.74) is -2.51. The summed E-state index contributed by atoms with van der Waals surface area (Å²) in [6, 6.07) is 0. The zero-order valence-corrected chi connectivity index (χ0v) is 10.3. The van der Waals surface area contributed by atoms with Crippen molar-refractivity contribution in [2.75, 3.05) is 0 Å². The number of nitrogens with zero attached hydrogens (tertiary/aromatic N) is 3. The van der Waals surface area contributed by atoms with E-state index in [1.165, 1.54) is 12.5 Å². The van der Waals surface area contributed by atoms with E-state index in [4.69, 9.17) is 0 Å². The molecular formula is C11H8F6N4. The first-order valence-corrected chi connectivity index (χ1v) is 5.61. The molecule has 0 aliphatic rings. The Morgan fingerprint density at radius 2 is 1.76 bits per heavy atom. The van der Waals surface area contributed by atoms with Crippen molar-refractivity contribution in [3.05, 3.63) is 41.5 Å². The molecule has 114 valence electrons. The van der Waals surface area contributed by atoms with Gasteiger partial charge in [0.05, 0.1) is 18.4 Å². The summed E-state index contributed by atoms with van der Waals surface area (Å²) in [5.74, 6) is 0. The fourth-order valence-corrected chi connectivity index (χ4v) is 1.79. The maximum atomic E-state index is 12.8. The van der Waals surface area contributed by atoms with Crippen molar-refractivity contribution in [2.45, 2.75) is 25.2 Å². The molecule has 10 heteroatoms. The normalized spacial score (nSPS) is 12.7. The Hall–Kier alpha value is -2.13. The van der Waals surface area contributed by atoms with Crippen molar-refractivity contribution in [3.63, 3.8) is 0 Å². The molecule has 4 nitrogen and oxygen atoms in total. The molecule has 2 rings (SSSR count). The zero-order chi connectivity index (χ0) is 15.7. The topological polar surface area (TPSA) is 54.5 Å². The Bertz CT molecular complexity index is 602. The van der Waals surface area contributed by atoms with Crippen molar-refractivity contribution in [2.24, 2.45) is 0 Å². The second-order valence-corrected chi connectivity index (χ2v) is 4.19. The van der Waals surface area contributed by atoms with Gasteiger partial charge in [0.25, 0.3) is 0 Å². The molecule has 0 unspecified atom stereocenters. The van der Waals surface area contributed by atoms with Crippen LogP contribution < -0.4 is 0 Å². The molecule has 0 bridgehead atoms. The van der Waals surface area contributed by atoms with Crippen molar-refractivity contribution >= 4 is 0 Å². The second kappa shape index (κ2) is 5.34. The highest BCUT2D eigenvalue weighted by atomic mass is 19.4. The third kappa shape index (κ3) is 3.92. The van der Waals surface area contributed by atoms with E-state index in [-0.39, 0.29) is 12.1 Å². The van der Waals surface area contributed by atoms with E-state index < -0.39 is 30.0 Å². The predicted octanol–water partition coefficient (Wildman–Crippen LogP) is 2.91. The van der Waals surface area contributed by atoms with Gasteiger partial charge in [0.1, 0.15) is 6.33 Å². The van der Waals surface area contributed by atoms with Crippen LogP contribution in [-0.2, 0) is 19.0 Å². The average molecular weight is 310 g/mol. The van der Waals surface area contributed by atoms with Gasteiger partial charge in [0, 0.05) is 23.9 Å². The third-order valence-electron chi connectivity index (χ3n) is 2.59. The van der Waals surface area contributed by atoms with E-state index in [2.05, 4.69) is 19.9 Å². The van der Waals surface area contributed by atoms with Gasteiger partial charge >= 0.3 is 12.4 Å². The predicted molar refractivity (Wildman–Crippen MR) is 58.2 cm³/mol. The molecular weight excluding hydrogens is 302 g/mol. The molecule has 0 aliphatic heterocycles. The Morgan fingerprint density at radius 1 is 1.05 bits per heavy atom. The highest BCUT2D eigenvalue weighted by Gasteiger charge is 2.40. The summed E-state index contributed by atoms with van der Waals surface area (Å²) in [4.78, 5) is 12.8. The molecule has 2 aromatic rings. The third-order valence-corrected chi connectivity index (χ3v) is 2.59. The highest BCUT2D eigenvalue weighted by molar-refractivity contribution is 5.30. The monoisotopic (exact) mass is 310 g/mol. The van der Waals surface area contributed by atoms with Crippen molar-refractivity contribution in [3.8, 4) is 0 Å². The van der Waals surface area contributed by atoms with Crippen LogP contribution >= 0.6 is 0 Å². The van der Waals surface area contributed by atoms with E-state index in [1.807, 2.05) is 0 Å². The summed E-state index contributed by atoms with van der Waals surface area (Å²) in [6.07, 6.45) is -8.57. The number of hydrogen-bond donors (Lipinski definition) is 1. The van der Waals surface area contributed by atoms with E-state index in [0.717, 1.165) is 0 Å². The molecule has 2 aromatic heterocycles. The van der Waals surface area contributed by atoms with Gasteiger partial charge in [-0.25, -0.2) is 15.0 Å². The summed E-state index contributed by atoms with van der Waals surface area (Å²) < 4.78 is 76.0. The number of halogens is 6. The van der Waals surface area contributed by atoms with E-state index in [0.29, 0.717) is 12.0 Å². The number of nitrogens with one attached hydrogen (secondary N) is 1. The van der Waals surface area contributed by atoms with Gasteiger partial charge in [-0.3, -0.25) is 0 Å². The number of imidazole rings is 1. The molecule has 0 spiro atoms. The summed E-state index contributed by atoms with van der Waals surface area (Å²) in [7, 11) is 0. The first-order chi connectivity index (χ1) is 9.67. The van der Waals surface area contributed by atoms with Crippen LogP contribution in [0, 0.1) is 0 Å². The molecule has 0 amide bonds. The molecule has 0 aromatic carbocycles. The molecule has 0 fully saturated rings. The van der Waals surface area contributed by atoms with Crippen LogP contribution in [-0.4, -0.2) is 26.1 Å². The SMILES string of the molecule is FC(F)(F)Cc1c(Cc2cnc[nH]2)ncnc1C(F)(F)F. The van der Waals surface area contributed by atoms with Crippen LogP contribution in [0.2, 0.25) is 0 Å². The Kier molecular flexibility index (Phi) is 3.88. The Balaban J connectivity index is 2.48. The summed E-state index contributed by atoms with van der Waals surface area (Å²) in [6.45, 7) is 0. The van der Waals surface area contributed by atoms with Crippen LogP contribution in [0.4, 0.5) is 26.3 Å². The summed E-state index contributed by atoms with van der Waals surface area (Å²) >= 11 is 0. The Labute approximate surface area is 114 Å². The van der Waals surface area contributed by atoms with Gasteiger partial charge in [0.15, 0.2) is 5.69 Å². The quantitative estimate of drug-likeness (QED) is 0.887. The first-order valence-electron chi connectivity index (χ1n) is 5.61. The van der Waals surface area contributed by atoms with Crippen LogP contribution in [0.3, 0.4) is 0 Å². The van der Waals surface area contributed by atoms with E-state index >= 15 is 0 Å². The molecule has 0 atom stereocenters. The van der Waals surface area contributed by atoms with Gasteiger partial charge in [-0.1, -0.05) is 0 Å². The lowest BCUT2D eigenvalue weighted by atomic mass is 10.0. The highest BCUT2D eigenvalue weighted by Crippen LogP contribution is 2.34. The van der Waals surface area contributed by atoms with Gasteiger partial charge in [-0.15, -0.1) is 0 Å². The largest absolute Gasteiger partial charge is 0.433 e. The standard InChI is InChI=1S/C11H8F6N4/c12-10(13,14)2-7-8(1-6-3-18-4-19-6)20-5-21-9(7)11(15,16)17/h3-5H,1-2H2,(H,18,19). The van der Waals surface area contributed by atoms with Crippen LogP contribution in [0.15, 0.2) is 18.9 Å². The number of aromatic nitrogens is 4. The molecule has 1 N–H and O–H groups in total. The maximum absolute atomic E-state index is 12.8. The van der Waals surface area contributed by atoms with Gasteiger partial charge < -0.3 is 4.98 Å². The lowest BCUT2D eigenvalue weighted by Crippen LogP contribution is -2.21.